The molecule has 9 rings (SSSR count). The van der Waals surface area contributed by atoms with Crippen molar-refractivity contribution in [2.75, 3.05) is 33.6 Å². The van der Waals surface area contributed by atoms with Crippen LogP contribution in [0.25, 0.3) is 0 Å². The van der Waals surface area contributed by atoms with Crippen LogP contribution in [0.4, 0.5) is 0 Å². The molecule has 0 aliphatic heterocycles. The molecule has 9 fully saturated rings. The highest BCUT2D eigenvalue weighted by molar-refractivity contribution is 5.77. The summed E-state index contributed by atoms with van der Waals surface area (Å²) < 4.78 is 56.3. The van der Waals surface area contributed by atoms with E-state index in [-0.39, 0.29) is 125 Å². The number of carbonyl (C=O) groups is 5. The second-order valence-electron chi connectivity index (χ2n) is 39.0. The molecule has 103 heavy (non-hydrogen) atoms. The van der Waals surface area contributed by atoms with Crippen molar-refractivity contribution in [1.82, 2.24) is 0 Å². The van der Waals surface area contributed by atoms with Gasteiger partial charge in [-0.2, -0.15) is 0 Å². The van der Waals surface area contributed by atoms with Crippen LogP contribution in [-0.4, -0.2) is 94.3 Å². The zero-order chi connectivity index (χ0) is 75.0. The normalized spacial score (nSPS) is 31.1. The average molecular weight is 1460 g/mol. The molecule has 14 unspecified atom stereocenters. The summed E-state index contributed by atoms with van der Waals surface area (Å²) in [7, 11) is 0. The third kappa shape index (κ3) is 23.1. The topological polar surface area (TPSA) is 178 Å². The van der Waals surface area contributed by atoms with Gasteiger partial charge >= 0.3 is 29.8 Å². The molecule has 608 valence electrons. The van der Waals surface area contributed by atoms with Gasteiger partial charge in [-0.3, -0.25) is 24.0 Å². The highest BCUT2D eigenvalue weighted by Crippen LogP contribution is 2.68. The van der Waals surface area contributed by atoms with Gasteiger partial charge in [-0.1, -0.05) is 166 Å². The first-order valence-corrected chi connectivity index (χ1v) is 39.5. The van der Waals surface area contributed by atoms with Crippen LogP contribution in [0.5, 0.6) is 0 Å². The summed E-state index contributed by atoms with van der Waals surface area (Å²) in [6, 6.07) is 0. The van der Waals surface area contributed by atoms with E-state index in [0.29, 0.717) is 22.9 Å². The van der Waals surface area contributed by atoms with Crippen LogP contribution in [0.1, 0.15) is 371 Å². The molecule has 0 N–H and O–H groups in total. The Hall–Kier alpha value is -2.85. The Morgan fingerprint density at radius 1 is 0.408 bits per heavy atom. The van der Waals surface area contributed by atoms with Gasteiger partial charge in [0.2, 0.25) is 0 Å². The fraction of sp³-hybridized carbons (Fsp3) is 0.943. The van der Waals surface area contributed by atoms with Crippen molar-refractivity contribution in [2.24, 2.45) is 100.0 Å². The number of rotatable bonds is 27. The highest BCUT2D eigenvalue weighted by atomic mass is 16.7. The maximum atomic E-state index is 12.2. The van der Waals surface area contributed by atoms with Gasteiger partial charge in [0, 0.05) is 0 Å². The Morgan fingerprint density at radius 3 is 1.16 bits per heavy atom. The van der Waals surface area contributed by atoms with Gasteiger partial charge in [0.05, 0.1) is 58.6 Å². The van der Waals surface area contributed by atoms with Crippen LogP contribution in [0, 0.1) is 100.0 Å². The molecular weight excluding hydrogens is 1300 g/mol. The number of hydrogen-bond donors (Lipinski definition) is 0. The molecule has 9 saturated carbocycles. The molecule has 0 aromatic heterocycles. The van der Waals surface area contributed by atoms with Crippen LogP contribution >= 0.6 is 0 Å². The van der Waals surface area contributed by atoms with Gasteiger partial charge in [-0.15, -0.1) is 0 Å². The lowest BCUT2D eigenvalue weighted by Gasteiger charge is -2.43. The van der Waals surface area contributed by atoms with Gasteiger partial charge in [0.15, 0.2) is 33.0 Å². The van der Waals surface area contributed by atoms with Crippen LogP contribution in [0.2, 0.25) is 0 Å². The minimum atomic E-state index is -0.469. The van der Waals surface area contributed by atoms with Crippen LogP contribution < -0.4 is 0 Å². The van der Waals surface area contributed by atoms with Crippen LogP contribution in [-0.2, 0) is 71.3 Å². The van der Waals surface area contributed by atoms with E-state index in [4.69, 9.17) is 47.4 Å². The van der Waals surface area contributed by atoms with Crippen molar-refractivity contribution < 1.29 is 71.3 Å². The molecule has 9 aliphatic rings. The lowest BCUT2D eigenvalue weighted by molar-refractivity contribution is -0.219. The standard InChI is InChI=1S/2C18H32O3.C17H30O3.C16H28O3.C15H28O3.4CH4/c1-8-16(3,4)15(19)21-12(2)20-14-17(5,6)13-9-10-18(14,7)11-13;1-8-16(3,4)15(19)21-12(2)20-14-11-13-9-10-18(14,7)17(13,5)6;1-7-15(2,3)14(18)20-11-19-13-10-12-8-9-17(13,6)16(12,4)5;1-5-15(2,3)14(17)19-11-18-10-16(4)9-12-6-7-13(16)8-12;1-5-14(2,3)13(16)18-12-17-11-15(4)9-7-6-8-10-15;;;;/h2*12-14H,8-11H2,1-7H3;12-13H,7-11H2,1-6H3;12-13H,5-11H2,1-4H3;5-12H2,1-4H3;4*1H4. The predicted octanol–water partition coefficient (Wildman–Crippen LogP) is 23.5. The zero-order valence-corrected chi connectivity index (χ0v) is 68.7. The SMILES string of the molecule is C.C.C.C.CCC(C)(C)C(=O)OC(C)OC1C2(C)CCC(C2)C1(C)C.CCC(C)(C)C(=O)OC(C)OC1CC2CCC1(C)C2(C)C.CCC(C)(C)C(=O)OCOC1CC2CCC1(C)C2(C)C.CCC(C)(C)C(=O)OCOCC1(C)CC2CCC1C2.CCC(C)(C)C(=O)OCOCC1(C)CCCCC1. The largest absolute Gasteiger partial charge is 0.438 e. The lowest BCUT2D eigenvalue weighted by Crippen LogP contribution is -2.45. The molecular formula is C88H166O15. The number of ether oxygens (including phenoxy) is 10. The molecule has 9 aliphatic carbocycles. The number of fused-ring (bicyclic) bond motifs is 8. The van der Waals surface area contributed by atoms with Gasteiger partial charge in [-0.05, 0) is 278 Å². The average Bonchev–Trinajstić information content (AvgIpc) is 1.58. The first-order valence-electron chi connectivity index (χ1n) is 39.5. The van der Waals surface area contributed by atoms with E-state index in [9.17, 15) is 24.0 Å². The molecule has 15 nitrogen and oxygen atoms in total. The van der Waals surface area contributed by atoms with Crippen molar-refractivity contribution in [3.8, 4) is 0 Å². The summed E-state index contributed by atoms with van der Waals surface area (Å²) in [5.41, 5.74) is 0.0151. The van der Waals surface area contributed by atoms with Gasteiger partial charge in [0.1, 0.15) is 0 Å². The first-order chi connectivity index (χ1) is 45.5. The molecule has 0 radical (unpaired) electrons. The molecule has 0 aromatic carbocycles. The molecule has 14 atom stereocenters. The fourth-order valence-electron chi connectivity index (χ4n) is 18.1. The lowest BCUT2D eigenvalue weighted by atomic mass is 9.70. The molecule has 15 heteroatoms. The Morgan fingerprint density at radius 2 is 0.796 bits per heavy atom. The Balaban J connectivity index is 0.000000638. The monoisotopic (exact) mass is 1460 g/mol. The van der Waals surface area contributed by atoms with Crippen molar-refractivity contribution in [3.05, 3.63) is 0 Å². The van der Waals surface area contributed by atoms with E-state index >= 15 is 0 Å². The third-order valence-corrected chi connectivity index (χ3v) is 29.2. The van der Waals surface area contributed by atoms with E-state index in [1.54, 1.807) is 0 Å². The Kier molecular flexibility index (Phi) is 36.4. The second kappa shape index (κ2) is 38.2. The first kappa shape index (κ1) is 98.2. The summed E-state index contributed by atoms with van der Waals surface area (Å²) in [5, 5.41) is 0. The number of carbonyl (C=O) groups excluding carboxylic acids is 5. The Bertz CT molecular complexity index is 2620. The smallest absolute Gasteiger partial charge is 0.313 e. The van der Waals surface area contributed by atoms with Gasteiger partial charge in [-0.25, -0.2) is 0 Å². The van der Waals surface area contributed by atoms with Crippen LogP contribution in [0.3, 0.4) is 0 Å². The highest BCUT2D eigenvalue weighted by Gasteiger charge is 2.64. The second-order valence-corrected chi connectivity index (χ2v) is 39.0. The quantitative estimate of drug-likeness (QED) is 0.0328. The zero-order valence-electron chi connectivity index (χ0n) is 68.7. The molecule has 0 spiro atoms. The third-order valence-electron chi connectivity index (χ3n) is 29.2. The van der Waals surface area contributed by atoms with E-state index in [1.807, 2.05) is 118 Å². The van der Waals surface area contributed by atoms with Gasteiger partial charge in [0.25, 0.3) is 0 Å². The Labute approximate surface area is 633 Å². The number of hydrogen-bond acceptors (Lipinski definition) is 15. The molecule has 8 bridgehead atoms. The molecule has 0 heterocycles. The maximum Gasteiger partial charge on any atom is 0.313 e. The maximum absolute atomic E-state index is 12.2. The fourth-order valence-corrected chi connectivity index (χ4v) is 18.1. The molecule has 0 aromatic rings. The summed E-state index contributed by atoms with van der Waals surface area (Å²) >= 11 is 0. The summed E-state index contributed by atoms with van der Waals surface area (Å²) in [6.07, 6.45) is 26.4. The van der Waals surface area contributed by atoms with Crippen molar-refractivity contribution in [3.63, 3.8) is 0 Å². The summed E-state index contributed by atoms with van der Waals surface area (Å²) in [5.74, 6) is 3.15. The van der Waals surface area contributed by atoms with Crippen molar-refractivity contribution in [2.45, 2.75) is 402 Å². The molecule has 0 amide bonds. The number of esters is 5. The minimum absolute atomic E-state index is 0. The van der Waals surface area contributed by atoms with Gasteiger partial charge < -0.3 is 47.4 Å². The predicted molar refractivity (Wildman–Crippen MR) is 420 cm³/mol. The molecule has 0 saturated heterocycles. The van der Waals surface area contributed by atoms with E-state index in [1.165, 1.54) is 103 Å². The van der Waals surface area contributed by atoms with Crippen LogP contribution in [0.15, 0.2) is 0 Å². The van der Waals surface area contributed by atoms with Crippen molar-refractivity contribution in [1.29, 1.82) is 0 Å². The minimum Gasteiger partial charge on any atom is -0.438 e. The van der Waals surface area contributed by atoms with E-state index < -0.39 is 39.7 Å². The van der Waals surface area contributed by atoms with Crippen molar-refractivity contribution >= 4 is 29.8 Å². The summed E-state index contributed by atoms with van der Waals surface area (Å²) in [4.78, 5) is 59.8. The van der Waals surface area contributed by atoms with E-state index in [0.717, 1.165) is 81.1 Å². The summed E-state index contributed by atoms with van der Waals surface area (Å²) in [6.45, 7) is 60.2. The van der Waals surface area contributed by atoms with E-state index in [2.05, 4.69) is 76.2 Å².